The highest BCUT2D eigenvalue weighted by Gasteiger charge is 2.30. The van der Waals surface area contributed by atoms with Crippen LogP contribution in [0.5, 0.6) is 0 Å². The molecule has 2 atom stereocenters. The molecule has 0 bridgehead atoms. The van der Waals surface area contributed by atoms with Crippen molar-refractivity contribution in [1.29, 1.82) is 0 Å². The maximum Gasteiger partial charge on any atom is 0.327 e. The standard InChI is InChI=1S/C10H16N2O6S/c1-6(13)11-8(10(15)16)5-19(17,18)4-7-2-3-9(14)12-7/h7-8H,2-5H2,1H3,(H,11,13)(H,12,14)(H,15,16)/t7?,8-/m0/s1. The van der Waals surface area contributed by atoms with Crippen molar-refractivity contribution in [2.75, 3.05) is 11.5 Å². The van der Waals surface area contributed by atoms with Crippen LogP contribution in [0.2, 0.25) is 0 Å². The lowest BCUT2D eigenvalue weighted by molar-refractivity contribution is -0.140. The van der Waals surface area contributed by atoms with Gasteiger partial charge >= 0.3 is 5.97 Å². The summed E-state index contributed by atoms with van der Waals surface area (Å²) in [6.45, 7) is 1.11. The van der Waals surface area contributed by atoms with E-state index in [9.17, 15) is 22.8 Å². The fourth-order valence-electron chi connectivity index (χ4n) is 1.85. The molecular weight excluding hydrogens is 276 g/mol. The van der Waals surface area contributed by atoms with Gasteiger partial charge in [0.15, 0.2) is 9.84 Å². The molecule has 9 heteroatoms. The molecule has 0 spiro atoms. The van der Waals surface area contributed by atoms with E-state index in [0.29, 0.717) is 6.42 Å². The number of nitrogens with one attached hydrogen (secondary N) is 2. The molecule has 108 valence electrons. The van der Waals surface area contributed by atoms with Crippen molar-refractivity contribution in [3.05, 3.63) is 0 Å². The van der Waals surface area contributed by atoms with Gasteiger partial charge in [-0.1, -0.05) is 0 Å². The predicted octanol–water partition coefficient (Wildman–Crippen LogP) is -1.73. The maximum atomic E-state index is 11.8. The second kappa shape index (κ2) is 6.00. The van der Waals surface area contributed by atoms with Crippen LogP contribution in [0.4, 0.5) is 0 Å². The zero-order valence-corrected chi connectivity index (χ0v) is 11.2. The number of sulfone groups is 1. The number of hydrogen-bond acceptors (Lipinski definition) is 5. The van der Waals surface area contributed by atoms with Gasteiger partial charge in [-0.15, -0.1) is 0 Å². The highest BCUT2D eigenvalue weighted by molar-refractivity contribution is 7.91. The Labute approximate surface area is 110 Å². The highest BCUT2D eigenvalue weighted by Crippen LogP contribution is 2.10. The summed E-state index contributed by atoms with van der Waals surface area (Å²) in [6.07, 6.45) is 0.685. The molecule has 1 heterocycles. The lowest BCUT2D eigenvalue weighted by Gasteiger charge is -2.15. The third-order valence-electron chi connectivity index (χ3n) is 2.64. The van der Waals surface area contributed by atoms with Crippen LogP contribution in [0.25, 0.3) is 0 Å². The molecule has 0 aromatic rings. The third kappa shape index (κ3) is 5.25. The van der Waals surface area contributed by atoms with Crippen LogP contribution < -0.4 is 10.6 Å². The van der Waals surface area contributed by atoms with Crippen LogP contribution in [0.15, 0.2) is 0 Å². The summed E-state index contributed by atoms with van der Waals surface area (Å²) in [5.41, 5.74) is 0. The Morgan fingerprint density at radius 3 is 2.58 bits per heavy atom. The largest absolute Gasteiger partial charge is 0.480 e. The van der Waals surface area contributed by atoms with E-state index in [1.54, 1.807) is 0 Å². The van der Waals surface area contributed by atoms with Crippen molar-refractivity contribution in [1.82, 2.24) is 10.6 Å². The Morgan fingerprint density at radius 1 is 1.53 bits per heavy atom. The van der Waals surface area contributed by atoms with Gasteiger partial charge in [0.05, 0.1) is 11.5 Å². The Morgan fingerprint density at radius 2 is 2.16 bits per heavy atom. The van der Waals surface area contributed by atoms with E-state index in [1.165, 1.54) is 0 Å². The molecule has 0 aromatic carbocycles. The predicted molar refractivity (Wildman–Crippen MR) is 65.1 cm³/mol. The van der Waals surface area contributed by atoms with Gasteiger partial charge in [-0.25, -0.2) is 13.2 Å². The zero-order chi connectivity index (χ0) is 14.6. The molecule has 1 saturated heterocycles. The van der Waals surface area contributed by atoms with Gasteiger partial charge in [-0.05, 0) is 6.42 Å². The van der Waals surface area contributed by atoms with E-state index in [-0.39, 0.29) is 18.1 Å². The molecular formula is C10H16N2O6S. The molecule has 0 saturated carbocycles. The van der Waals surface area contributed by atoms with Crippen LogP contribution in [0, 0.1) is 0 Å². The quantitative estimate of drug-likeness (QED) is 0.533. The van der Waals surface area contributed by atoms with Crippen LogP contribution in [0.3, 0.4) is 0 Å². The molecule has 3 N–H and O–H groups in total. The molecule has 1 aliphatic rings. The Kier molecular flexibility index (Phi) is 4.87. The van der Waals surface area contributed by atoms with Gasteiger partial charge in [0.1, 0.15) is 6.04 Å². The summed E-state index contributed by atoms with van der Waals surface area (Å²) in [5.74, 6) is -3.24. The normalized spacial score (nSPS) is 20.7. The summed E-state index contributed by atoms with van der Waals surface area (Å²) >= 11 is 0. The third-order valence-corrected chi connectivity index (χ3v) is 4.39. The smallest absolute Gasteiger partial charge is 0.327 e. The summed E-state index contributed by atoms with van der Waals surface area (Å²) < 4.78 is 23.6. The average Bonchev–Trinajstić information content (AvgIpc) is 2.60. The number of carbonyl (C=O) groups excluding carboxylic acids is 2. The number of amides is 2. The molecule has 8 nitrogen and oxygen atoms in total. The topological polar surface area (TPSA) is 130 Å². The minimum Gasteiger partial charge on any atom is -0.480 e. The van der Waals surface area contributed by atoms with Crippen LogP contribution in [-0.4, -0.2) is 54.9 Å². The first kappa shape index (κ1) is 15.4. The van der Waals surface area contributed by atoms with E-state index in [1.807, 2.05) is 0 Å². The van der Waals surface area contributed by atoms with E-state index in [4.69, 9.17) is 5.11 Å². The number of rotatable bonds is 6. The molecule has 1 rings (SSSR count). The summed E-state index contributed by atoms with van der Waals surface area (Å²) in [4.78, 5) is 32.6. The van der Waals surface area contributed by atoms with Gasteiger partial charge in [-0.3, -0.25) is 9.59 Å². The van der Waals surface area contributed by atoms with Crippen molar-refractivity contribution in [2.45, 2.75) is 31.8 Å². The highest BCUT2D eigenvalue weighted by atomic mass is 32.2. The van der Waals surface area contributed by atoms with E-state index in [0.717, 1.165) is 6.92 Å². The molecule has 2 amide bonds. The molecule has 1 aliphatic heterocycles. The molecule has 0 aromatic heterocycles. The van der Waals surface area contributed by atoms with E-state index < -0.39 is 39.6 Å². The Bertz CT molecular complexity index is 486. The molecule has 0 aliphatic carbocycles. The molecule has 19 heavy (non-hydrogen) atoms. The number of carboxylic acids is 1. The van der Waals surface area contributed by atoms with E-state index in [2.05, 4.69) is 10.6 Å². The second-order valence-electron chi connectivity index (χ2n) is 4.47. The summed E-state index contributed by atoms with van der Waals surface area (Å²) in [7, 11) is -3.69. The van der Waals surface area contributed by atoms with Crippen molar-refractivity contribution in [2.24, 2.45) is 0 Å². The average molecular weight is 292 g/mol. The SMILES string of the molecule is CC(=O)N[C@@H](CS(=O)(=O)CC1CCC(=O)N1)C(=O)O. The van der Waals surface area contributed by atoms with Gasteiger partial charge in [0.2, 0.25) is 11.8 Å². The second-order valence-corrected chi connectivity index (χ2v) is 6.63. The lowest BCUT2D eigenvalue weighted by atomic mass is 10.2. The fraction of sp³-hybridized carbons (Fsp3) is 0.700. The van der Waals surface area contributed by atoms with Gasteiger partial charge in [-0.2, -0.15) is 0 Å². The van der Waals surface area contributed by atoms with Crippen molar-refractivity contribution < 1.29 is 27.9 Å². The first-order chi connectivity index (χ1) is 8.69. The number of carbonyl (C=O) groups is 3. The maximum absolute atomic E-state index is 11.8. The Balaban J connectivity index is 2.63. The summed E-state index contributed by atoms with van der Waals surface area (Å²) in [6, 6.07) is -1.95. The minimum absolute atomic E-state index is 0.211. The van der Waals surface area contributed by atoms with E-state index >= 15 is 0 Å². The first-order valence-corrected chi connectivity index (χ1v) is 7.51. The molecule has 0 radical (unpaired) electrons. The monoisotopic (exact) mass is 292 g/mol. The lowest BCUT2D eigenvalue weighted by Crippen LogP contribution is -2.46. The molecule has 1 fully saturated rings. The van der Waals surface area contributed by atoms with Gasteiger partial charge in [0, 0.05) is 19.4 Å². The molecule has 1 unspecified atom stereocenters. The van der Waals surface area contributed by atoms with Gasteiger partial charge < -0.3 is 15.7 Å². The van der Waals surface area contributed by atoms with Crippen LogP contribution in [-0.2, 0) is 24.2 Å². The number of hydrogen-bond donors (Lipinski definition) is 3. The summed E-state index contributed by atoms with van der Waals surface area (Å²) in [5, 5.41) is 13.4. The fourth-order valence-corrected chi connectivity index (χ4v) is 3.58. The van der Waals surface area contributed by atoms with Crippen molar-refractivity contribution >= 4 is 27.6 Å². The minimum atomic E-state index is -3.69. The first-order valence-electron chi connectivity index (χ1n) is 5.69. The number of aliphatic carboxylic acids is 1. The zero-order valence-electron chi connectivity index (χ0n) is 10.4. The van der Waals surface area contributed by atoms with Crippen molar-refractivity contribution in [3.63, 3.8) is 0 Å². The van der Waals surface area contributed by atoms with Crippen LogP contribution in [0.1, 0.15) is 19.8 Å². The number of carboxylic acid groups (broad SMARTS) is 1. The van der Waals surface area contributed by atoms with Crippen LogP contribution >= 0.6 is 0 Å². The van der Waals surface area contributed by atoms with Crippen molar-refractivity contribution in [3.8, 4) is 0 Å². The Hall–Kier alpha value is -1.64. The van der Waals surface area contributed by atoms with Gasteiger partial charge in [0.25, 0.3) is 0 Å².